The molecule has 0 spiro atoms. The summed E-state index contributed by atoms with van der Waals surface area (Å²) >= 11 is 5.68. The Morgan fingerprint density at radius 3 is 1.66 bits per heavy atom. The van der Waals surface area contributed by atoms with Crippen LogP contribution in [0.5, 0.6) is 0 Å². The van der Waals surface area contributed by atoms with Gasteiger partial charge < -0.3 is 28.4 Å². The van der Waals surface area contributed by atoms with E-state index >= 15 is 0 Å². The first-order valence-corrected chi connectivity index (χ1v) is 15.0. The highest BCUT2D eigenvalue weighted by atomic mass is 35.5. The van der Waals surface area contributed by atoms with Crippen LogP contribution in [0.3, 0.4) is 0 Å². The molecule has 3 aliphatic heterocycles. The van der Waals surface area contributed by atoms with Gasteiger partial charge in [0.15, 0.2) is 11.5 Å². The summed E-state index contributed by atoms with van der Waals surface area (Å²) in [6.07, 6.45) is 3.35. The quantitative estimate of drug-likeness (QED) is 0.293. The van der Waals surface area contributed by atoms with E-state index in [4.69, 9.17) is 20.4 Å². The van der Waals surface area contributed by atoms with Crippen LogP contribution in [0.25, 0.3) is 22.6 Å². The van der Waals surface area contributed by atoms with Gasteiger partial charge in [0.05, 0.1) is 23.2 Å². The summed E-state index contributed by atoms with van der Waals surface area (Å²) in [7, 11) is 5.74. The van der Waals surface area contributed by atoms with Crippen LogP contribution in [0.15, 0.2) is 57.6 Å². The maximum Gasteiger partial charge on any atom is 0.297 e. The number of piperazine rings is 1. The van der Waals surface area contributed by atoms with Crippen LogP contribution in [0, 0.1) is 0 Å². The first-order chi connectivity index (χ1) is 20.8. The predicted octanol–water partition coefficient (Wildman–Crippen LogP) is 5.60. The van der Waals surface area contributed by atoms with Crippen molar-refractivity contribution in [2.45, 2.75) is 38.5 Å². The lowest BCUT2D eigenvalue weighted by Crippen LogP contribution is -2.44. The minimum absolute atomic E-state index is 0.0928. The molecule has 10 nitrogen and oxygen atoms in total. The smallest absolute Gasteiger partial charge is 0.297 e. The van der Waals surface area contributed by atoms with Crippen molar-refractivity contribution in [3.05, 3.63) is 65.3 Å². The molecular formula is C33H37ClN6O4. The van der Waals surface area contributed by atoms with Gasteiger partial charge in [-0.05, 0) is 69.6 Å². The Kier molecular flexibility index (Phi) is 7.33. The summed E-state index contributed by atoms with van der Waals surface area (Å²) in [4.78, 5) is 40.9. The topological polar surface area (TPSA) is 99.2 Å². The van der Waals surface area contributed by atoms with E-state index in [2.05, 4.69) is 26.8 Å². The molecule has 0 bridgehead atoms. The van der Waals surface area contributed by atoms with Gasteiger partial charge in [0.25, 0.3) is 11.4 Å². The summed E-state index contributed by atoms with van der Waals surface area (Å²) in [5.74, 6) is 1.55. The van der Waals surface area contributed by atoms with Crippen molar-refractivity contribution in [1.82, 2.24) is 14.9 Å². The Labute approximate surface area is 262 Å². The molecule has 11 heteroatoms. The SMILES string of the molecule is CN1C(=O)C(C)(C)c2ccc(-c3cnc(Cl)o3)cc21.CN1CCN(c2ncc(-c3ccc4c(c3)N(C)C(=O)C4(C)C)o2)CC1. The van der Waals surface area contributed by atoms with Crippen molar-refractivity contribution in [3.8, 4) is 22.6 Å². The van der Waals surface area contributed by atoms with Gasteiger partial charge in [-0.2, -0.15) is 0 Å². The number of benzene rings is 2. The van der Waals surface area contributed by atoms with Crippen molar-refractivity contribution < 1.29 is 18.4 Å². The Morgan fingerprint density at radius 1 is 0.705 bits per heavy atom. The van der Waals surface area contributed by atoms with E-state index < -0.39 is 10.8 Å². The molecule has 1 fully saturated rings. The maximum absolute atomic E-state index is 12.4. The van der Waals surface area contributed by atoms with Gasteiger partial charge in [0, 0.05) is 62.8 Å². The molecular weight excluding hydrogens is 580 g/mol. The lowest BCUT2D eigenvalue weighted by atomic mass is 9.86. The Bertz CT molecular complexity index is 1750. The number of aromatic nitrogens is 2. The summed E-state index contributed by atoms with van der Waals surface area (Å²) in [5.41, 5.74) is 4.78. The molecule has 2 aromatic carbocycles. The number of hydrogen-bond donors (Lipinski definition) is 0. The molecule has 0 radical (unpaired) electrons. The summed E-state index contributed by atoms with van der Waals surface area (Å²) in [6.45, 7) is 11.7. The molecule has 0 saturated carbocycles. The van der Waals surface area contributed by atoms with Gasteiger partial charge in [-0.25, -0.2) is 9.97 Å². The third kappa shape index (κ3) is 4.95. The second kappa shape index (κ2) is 10.8. The second-order valence-corrected chi connectivity index (χ2v) is 13.0. The molecule has 230 valence electrons. The van der Waals surface area contributed by atoms with Crippen LogP contribution in [0.2, 0.25) is 5.35 Å². The molecule has 4 aromatic rings. The fraction of sp³-hybridized carbons (Fsp3) is 0.394. The molecule has 0 N–H and O–H groups in total. The Hall–Kier alpha value is -4.15. The first-order valence-electron chi connectivity index (χ1n) is 14.7. The van der Waals surface area contributed by atoms with Crippen molar-refractivity contribution in [3.63, 3.8) is 0 Å². The molecule has 1 saturated heterocycles. The minimum Gasteiger partial charge on any atom is -0.428 e. The molecule has 2 amide bonds. The van der Waals surface area contributed by atoms with Gasteiger partial charge >= 0.3 is 0 Å². The molecule has 3 aliphatic rings. The number of amides is 2. The fourth-order valence-corrected chi connectivity index (χ4v) is 6.33. The van der Waals surface area contributed by atoms with Crippen LogP contribution < -0.4 is 14.7 Å². The molecule has 0 unspecified atom stereocenters. The third-order valence-electron chi connectivity index (χ3n) is 9.06. The lowest BCUT2D eigenvalue weighted by Gasteiger charge is -2.31. The summed E-state index contributed by atoms with van der Waals surface area (Å²) in [6, 6.07) is 12.6. The van der Waals surface area contributed by atoms with Gasteiger partial charge in [-0.3, -0.25) is 9.59 Å². The largest absolute Gasteiger partial charge is 0.428 e. The van der Waals surface area contributed by atoms with E-state index in [-0.39, 0.29) is 17.2 Å². The van der Waals surface area contributed by atoms with Gasteiger partial charge in [0.2, 0.25) is 11.8 Å². The van der Waals surface area contributed by atoms with E-state index in [0.29, 0.717) is 11.8 Å². The zero-order valence-corrected chi connectivity index (χ0v) is 26.9. The van der Waals surface area contributed by atoms with Gasteiger partial charge in [-0.1, -0.05) is 24.3 Å². The van der Waals surface area contributed by atoms with E-state index in [1.165, 1.54) is 0 Å². The molecule has 7 rings (SSSR count). The van der Waals surface area contributed by atoms with Crippen LogP contribution in [0.4, 0.5) is 17.4 Å². The van der Waals surface area contributed by atoms with Crippen molar-refractivity contribution >= 4 is 40.8 Å². The molecule has 0 atom stereocenters. The number of anilines is 3. The number of fused-ring (bicyclic) bond motifs is 2. The predicted molar refractivity (Wildman–Crippen MR) is 171 cm³/mol. The van der Waals surface area contributed by atoms with Crippen LogP contribution in [0.1, 0.15) is 38.8 Å². The number of oxazole rings is 2. The van der Waals surface area contributed by atoms with Crippen molar-refractivity contribution in [2.24, 2.45) is 0 Å². The second-order valence-electron chi connectivity index (χ2n) is 12.7. The summed E-state index contributed by atoms with van der Waals surface area (Å²) < 4.78 is 11.3. The molecule has 0 aliphatic carbocycles. The number of nitrogens with zero attached hydrogens (tertiary/aromatic N) is 6. The summed E-state index contributed by atoms with van der Waals surface area (Å²) in [5, 5.41) is 0.111. The van der Waals surface area contributed by atoms with E-state index in [1.54, 1.807) is 29.2 Å². The normalized spacial score (nSPS) is 18.8. The average Bonchev–Trinajstić information content (AvgIpc) is 3.75. The number of carbonyl (C=O) groups is 2. The number of likely N-dealkylation sites (N-methyl/N-ethyl adjacent to an activating group) is 3. The van der Waals surface area contributed by atoms with Crippen LogP contribution in [-0.4, -0.2) is 74.0 Å². The zero-order chi connectivity index (χ0) is 31.6. The molecule has 5 heterocycles. The highest BCUT2D eigenvalue weighted by molar-refractivity contribution is 6.27. The average molecular weight is 617 g/mol. The fourth-order valence-electron chi connectivity index (χ4n) is 6.20. The monoisotopic (exact) mass is 616 g/mol. The number of halogens is 1. The number of rotatable bonds is 3. The van der Waals surface area contributed by atoms with Crippen LogP contribution in [-0.2, 0) is 20.4 Å². The van der Waals surface area contributed by atoms with E-state index in [0.717, 1.165) is 65.6 Å². The number of hydrogen-bond acceptors (Lipinski definition) is 8. The first kappa shape index (κ1) is 29.9. The Morgan fingerprint density at radius 2 is 1.18 bits per heavy atom. The third-order valence-corrected chi connectivity index (χ3v) is 9.23. The van der Waals surface area contributed by atoms with E-state index in [9.17, 15) is 9.59 Å². The van der Waals surface area contributed by atoms with Gasteiger partial charge in [-0.15, -0.1) is 0 Å². The van der Waals surface area contributed by atoms with E-state index in [1.807, 2.05) is 71.1 Å². The van der Waals surface area contributed by atoms with Crippen molar-refractivity contribution in [2.75, 3.05) is 62.0 Å². The zero-order valence-electron chi connectivity index (χ0n) is 26.1. The van der Waals surface area contributed by atoms with Crippen LogP contribution >= 0.6 is 11.6 Å². The van der Waals surface area contributed by atoms with Gasteiger partial charge in [0.1, 0.15) is 0 Å². The minimum atomic E-state index is -0.484. The lowest BCUT2D eigenvalue weighted by molar-refractivity contribution is -0.122. The molecule has 2 aromatic heterocycles. The molecule has 44 heavy (non-hydrogen) atoms. The highest BCUT2D eigenvalue weighted by Crippen LogP contribution is 2.44. The number of carbonyl (C=O) groups excluding carboxylic acids is 2. The van der Waals surface area contributed by atoms with Crippen molar-refractivity contribution in [1.29, 1.82) is 0 Å². The highest BCUT2D eigenvalue weighted by Gasteiger charge is 2.43. The maximum atomic E-state index is 12.4. The Balaban J connectivity index is 0.000000162. The standard InChI is InChI=1S/C19H24N4O2.C14H13ClN2O2/c1-19(2)14-6-5-13(11-15(14)22(4)17(19)24)16-12-20-18(25-16)23-9-7-21(3)8-10-23;1-14(2)9-5-4-8(11-7-16-13(15)19-11)6-10(9)17(3)12(14)18/h5-6,11-12H,7-10H2,1-4H3;4-7H,1-3H3.